The van der Waals surface area contributed by atoms with E-state index < -0.39 is 0 Å². The molecule has 3 rings (SSSR count). The van der Waals surface area contributed by atoms with Gasteiger partial charge in [0, 0.05) is 50.7 Å². The Kier molecular flexibility index (Phi) is 6.90. The number of carbonyl (C=O) groups is 1. The number of hydrogen-bond acceptors (Lipinski definition) is 5. The van der Waals surface area contributed by atoms with Crippen LogP contribution in [0.5, 0.6) is 11.5 Å². The quantitative estimate of drug-likeness (QED) is 0.795. The zero-order chi connectivity index (χ0) is 19.9. The van der Waals surface area contributed by atoms with E-state index in [-0.39, 0.29) is 11.9 Å². The van der Waals surface area contributed by atoms with Crippen LogP contribution in [0.3, 0.4) is 0 Å². The van der Waals surface area contributed by atoms with Gasteiger partial charge in [0.15, 0.2) is 0 Å². The summed E-state index contributed by atoms with van der Waals surface area (Å²) in [5.41, 5.74) is 8.30. The molecule has 2 aromatic carbocycles. The summed E-state index contributed by atoms with van der Waals surface area (Å²) < 4.78 is 10.8. The molecule has 28 heavy (non-hydrogen) atoms. The van der Waals surface area contributed by atoms with E-state index in [1.54, 1.807) is 14.2 Å². The van der Waals surface area contributed by atoms with Gasteiger partial charge >= 0.3 is 0 Å². The van der Waals surface area contributed by atoms with Crippen LogP contribution in [0.15, 0.2) is 48.5 Å². The molecular formula is C22H29N3O3. The van der Waals surface area contributed by atoms with E-state index in [0.29, 0.717) is 19.5 Å². The number of rotatable bonds is 7. The smallest absolute Gasteiger partial charge is 0.224 e. The summed E-state index contributed by atoms with van der Waals surface area (Å²) in [6.45, 7) is 3.85. The summed E-state index contributed by atoms with van der Waals surface area (Å²) >= 11 is 0. The maximum Gasteiger partial charge on any atom is 0.224 e. The van der Waals surface area contributed by atoms with Crippen molar-refractivity contribution in [2.24, 2.45) is 5.73 Å². The molecule has 1 aliphatic rings. The molecule has 2 aromatic rings. The molecule has 0 saturated carbocycles. The van der Waals surface area contributed by atoms with Crippen LogP contribution in [0.1, 0.15) is 23.6 Å². The Balaban J connectivity index is 1.52. The van der Waals surface area contributed by atoms with Crippen molar-refractivity contribution in [1.29, 1.82) is 0 Å². The summed E-state index contributed by atoms with van der Waals surface area (Å²) in [7, 11) is 3.34. The maximum absolute atomic E-state index is 12.6. The Bertz CT molecular complexity index is 774. The van der Waals surface area contributed by atoms with Crippen LogP contribution >= 0.6 is 0 Å². The maximum atomic E-state index is 12.6. The number of piperazine rings is 1. The van der Waals surface area contributed by atoms with Gasteiger partial charge in [-0.05, 0) is 23.8 Å². The van der Waals surface area contributed by atoms with E-state index in [1.165, 1.54) is 0 Å². The molecule has 1 aliphatic heterocycles. The van der Waals surface area contributed by atoms with Crippen LogP contribution in [0.2, 0.25) is 0 Å². The molecule has 6 nitrogen and oxygen atoms in total. The highest BCUT2D eigenvalue weighted by Crippen LogP contribution is 2.26. The second-order valence-corrected chi connectivity index (χ2v) is 7.06. The Hall–Kier alpha value is -2.57. The normalized spacial score (nSPS) is 15.9. The average molecular weight is 383 g/mol. The summed E-state index contributed by atoms with van der Waals surface area (Å²) in [5.74, 6) is 1.79. The summed E-state index contributed by atoms with van der Waals surface area (Å²) in [6, 6.07) is 15.4. The predicted molar refractivity (Wildman–Crippen MR) is 109 cm³/mol. The summed E-state index contributed by atoms with van der Waals surface area (Å²) in [4.78, 5) is 16.9. The molecule has 0 spiro atoms. The van der Waals surface area contributed by atoms with Crippen molar-refractivity contribution in [1.82, 2.24) is 9.80 Å². The first-order valence-electron chi connectivity index (χ1n) is 9.62. The lowest BCUT2D eigenvalue weighted by molar-refractivity contribution is -0.133. The van der Waals surface area contributed by atoms with Crippen LogP contribution in [0.25, 0.3) is 0 Å². The van der Waals surface area contributed by atoms with Crippen LogP contribution < -0.4 is 15.2 Å². The minimum Gasteiger partial charge on any atom is -0.497 e. The van der Waals surface area contributed by atoms with E-state index in [0.717, 1.165) is 42.3 Å². The molecular weight excluding hydrogens is 354 g/mol. The van der Waals surface area contributed by atoms with Crippen molar-refractivity contribution < 1.29 is 14.3 Å². The zero-order valence-electron chi connectivity index (χ0n) is 16.6. The molecule has 1 unspecified atom stereocenters. The molecule has 0 radical (unpaired) electrons. The largest absolute Gasteiger partial charge is 0.497 e. The van der Waals surface area contributed by atoms with Crippen molar-refractivity contribution in [3.63, 3.8) is 0 Å². The molecule has 2 N–H and O–H groups in total. The number of carbonyl (C=O) groups excluding carboxylic acids is 1. The Labute approximate surface area is 166 Å². The fraction of sp³-hybridized carbons (Fsp3) is 0.409. The first kappa shape index (κ1) is 20.2. The fourth-order valence-corrected chi connectivity index (χ4v) is 3.54. The minimum atomic E-state index is -0.257. The number of nitrogens with zero attached hydrogens (tertiary/aromatic N) is 2. The second-order valence-electron chi connectivity index (χ2n) is 7.06. The Morgan fingerprint density at radius 1 is 1.04 bits per heavy atom. The minimum absolute atomic E-state index is 0.120. The van der Waals surface area contributed by atoms with Gasteiger partial charge in [0.2, 0.25) is 5.91 Å². The summed E-state index contributed by atoms with van der Waals surface area (Å²) in [6.07, 6.45) is 0.341. The molecule has 150 valence electrons. The van der Waals surface area contributed by atoms with Crippen molar-refractivity contribution in [2.75, 3.05) is 40.4 Å². The standard InChI is InChI=1S/C22H29N3O3/c1-27-19-8-9-21(28-2)18(14-19)16-24-10-12-25(13-11-24)22(26)15-20(23)17-6-4-3-5-7-17/h3-9,14,20H,10-13,15-16,23H2,1-2H3. The highest BCUT2D eigenvalue weighted by molar-refractivity contribution is 5.77. The fourth-order valence-electron chi connectivity index (χ4n) is 3.54. The monoisotopic (exact) mass is 383 g/mol. The van der Waals surface area contributed by atoms with Crippen LogP contribution in [-0.4, -0.2) is 56.1 Å². The third-order valence-electron chi connectivity index (χ3n) is 5.23. The van der Waals surface area contributed by atoms with Gasteiger partial charge < -0.3 is 20.1 Å². The highest BCUT2D eigenvalue weighted by Gasteiger charge is 2.23. The van der Waals surface area contributed by atoms with E-state index in [4.69, 9.17) is 15.2 Å². The van der Waals surface area contributed by atoms with Gasteiger partial charge in [-0.25, -0.2) is 0 Å². The van der Waals surface area contributed by atoms with Gasteiger partial charge in [0.1, 0.15) is 11.5 Å². The van der Waals surface area contributed by atoms with E-state index in [1.807, 2.05) is 53.4 Å². The lowest BCUT2D eigenvalue weighted by Crippen LogP contribution is -2.48. The molecule has 0 bridgehead atoms. The number of ether oxygens (including phenoxy) is 2. The third-order valence-corrected chi connectivity index (χ3v) is 5.23. The average Bonchev–Trinajstić information content (AvgIpc) is 2.74. The number of amides is 1. The van der Waals surface area contributed by atoms with Gasteiger partial charge in [0.05, 0.1) is 14.2 Å². The number of methoxy groups -OCH3 is 2. The van der Waals surface area contributed by atoms with Crippen molar-refractivity contribution in [3.8, 4) is 11.5 Å². The molecule has 1 fully saturated rings. The first-order valence-corrected chi connectivity index (χ1v) is 9.62. The van der Waals surface area contributed by atoms with Gasteiger partial charge in [0.25, 0.3) is 0 Å². The molecule has 1 saturated heterocycles. The SMILES string of the molecule is COc1ccc(OC)c(CN2CCN(C(=O)CC(N)c3ccccc3)CC2)c1. The lowest BCUT2D eigenvalue weighted by Gasteiger charge is -2.35. The first-order chi connectivity index (χ1) is 13.6. The van der Waals surface area contributed by atoms with Gasteiger partial charge in [-0.1, -0.05) is 30.3 Å². The van der Waals surface area contributed by atoms with Crippen LogP contribution in [-0.2, 0) is 11.3 Å². The summed E-state index contributed by atoms with van der Waals surface area (Å²) in [5, 5.41) is 0. The van der Waals surface area contributed by atoms with Crippen LogP contribution in [0, 0.1) is 0 Å². The topological polar surface area (TPSA) is 68.0 Å². The van der Waals surface area contributed by atoms with Crippen LogP contribution in [0.4, 0.5) is 0 Å². The van der Waals surface area contributed by atoms with Crippen molar-refractivity contribution in [2.45, 2.75) is 19.0 Å². The molecule has 1 amide bonds. The molecule has 1 heterocycles. The van der Waals surface area contributed by atoms with E-state index >= 15 is 0 Å². The molecule has 1 atom stereocenters. The lowest BCUT2D eigenvalue weighted by atomic mass is 10.0. The molecule has 0 aliphatic carbocycles. The number of hydrogen-bond donors (Lipinski definition) is 1. The third kappa shape index (κ3) is 5.03. The molecule has 6 heteroatoms. The Morgan fingerprint density at radius 2 is 1.75 bits per heavy atom. The van der Waals surface area contributed by atoms with Gasteiger partial charge in [-0.3, -0.25) is 9.69 Å². The van der Waals surface area contributed by atoms with E-state index in [9.17, 15) is 4.79 Å². The second kappa shape index (κ2) is 9.57. The van der Waals surface area contributed by atoms with Gasteiger partial charge in [-0.2, -0.15) is 0 Å². The Morgan fingerprint density at radius 3 is 2.39 bits per heavy atom. The predicted octanol–water partition coefficient (Wildman–Crippen LogP) is 2.44. The number of nitrogens with two attached hydrogens (primary N) is 1. The van der Waals surface area contributed by atoms with Gasteiger partial charge in [-0.15, -0.1) is 0 Å². The van der Waals surface area contributed by atoms with Crippen molar-refractivity contribution in [3.05, 3.63) is 59.7 Å². The molecule has 0 aromatic heterocycles. The van der Waals surface area contributed by atoms with E-state index in [2.05, 4.69) is 4.90 Å². The van der Waals surface area contributed by atoms with Crippen molar-refractivity contribution >= 4 is 5.91 Å². The number of benzene rings is 2. The highest BCUT2D eigenvalue weighted by atomic mass is 16.5. The zero-order valence-corrected chi connectivity index (χ0v) is 16.6.